The second kappa shape index (κ2) is 5.58. The Morgan fingerprint density at radius 1 is 1.38 bits per heavy atom. The van der Waals surface area contributed by atoms with Gasteiger partial charge in [0.15, 0.2) is 11.6 Å². The molecule has 0 spiro atoms. The number of hydrogen-bond acceptors (Lipinski definition) is 3. The lowest BCUT2D eigenvalue weighted by molar-refractivity contribution is 0.0991. The molecule has 1 amide bonds. The van der Waals surface area contributed by atoms with E-state index >= 15 is 0 Å². The lowest BCUT2D eigenvalue weighted by atomic mass is 10.1. The van der Waals surface area contributed by atoms with Gasteiger partial charge in [0.25, 0.3) is 5.91 Å². The van der Waals surface area contributed by atoms with Crippen LogP contribution in [0.3, 0.4) is 0 Å². The molecule has 3 nitrogen and oxygen atoms in total. The molecule has 1 heterocycles. The number of ether oxygens (including phenoxy) is 1. The van der Waals surface area contributed by atoms with Gasteiger partial charge in [-0.2, -0.15) is 0 Å². The molecule has 0 atom stereocenters. The predicted molar refractivity (Wildman–Crippen MR) is 81.9 cm³/mol. The molecule has 0 bridgehead atoms. The highest BCUT2D eigenvalue weighted by atomic mass is 35.5. The number of nitrogens with zero attached hydrogens (tertiary/aromatic N) is 1. The van der Waals surface area contributed by atoms with Gasteiger partial charge in [0, 0.05) is 10.5 Å². The molecule has 2 aromatic carbocycles. The van der Waals surface area contributed by atoms with Crippen molar-refractivity contribution in [2.24, 2.45) is 0 Å². The molecular weight excluding hydrogens is 313 g/mol. The van der Waals surface area contributed by atoms with Crippen LogP contribution < -0.4 is 9.64 Å². The fourth-order valence-corrected chi connectivity index (χ4v) is 3.52. The lowest BCUT2D eigenvalue weighted by Crippen LogP contribution is -2.28. The maximum Gasteiger partial charge on any atom is 0.259 e. The first kappa shape index (κ1) is 14.2. The number of carbonyl (C=O) groups excluding carboxylic acids is 1. The third kappa shape index (κ3) is 2.47. The van der Waals surface area contributed by atoms with Crippen molar-refractivity contribution in [1.29, 1.82) is 0 Å². The van der Waals surface area contributed by atoms with Crippen molar-refractivity contribution in [2.75, 3.05) is 17.9 Å². The van der Waals surface area contributed by atoms with Crippen LogP contribution in [0.25, 0.3) is 0 Å². The van der Waals surface area contributed by atoms with Crippen LogP contribution in [0.4, 0.5) is 10.1 Å². The van der Waals surface area contributed by atoms with Gasteiger partial charge in [-0.1, -0.05) is 23.7 Å². The molecule has 0 saturated carbocycles. The van der Waals surface area contributed by atoms with Gasteiger partial charge in [0.1, 0.15) is 0 Å². The largest absolute Gasteiger partial charge is 0.492 e. The average molecular weight is 324 g/mol. The summed E-state index contributed by atoms with van der Waals surface area (Å²) in [7, 11) is 1.33. The number of para-hydroxylation sites is 1. The first-order valence-corrected chi connectivity index (χ1v) is 7.55. The number of thioether (sulfide) groups is 1. The van der Waals surface area contributed by atoms with E-state index in [-0.39, 0.29) is 22.2 Å². The molecule has 0 saturated heterocycles. The average Bonchev–Trinajstić information content (AvgIpc) is 2.90. The normalized spacial score (nSPS) is 13.2. The zero-order valence-electron chi connectivity index (χ0n) is 11.1. The van der Waals surface area contributed by atoms with Crippen molar-refractivity contribution < 1.29 is 13.9 Å². The molecule has 1 aliphatic rings. The van der Waals surface area contributed by atoms with E-state index in [1.807, 2.05) is 24.3 Å². The van der Waals surface area contributed by atoms with Crippen molar-refractivity contribution >= 4 is 35.0 Å². The Bertz CT molecular complexity index is 700. The fraction of sp³-hybridized carbons (Fsp3) is 0.133. The molecule has 6 heteroatoms. The monoisotopic (exact) mass is 323 g/mol. The Hall–Kier alpha value is -1.72. The Morgan fingerprint density at radius 2 is 2.14 bits per heavy atom. The van der Waals surface area contributed by atoms with Gasteiger partial charge in [0.2, 0.25) is 0 Å². The van der Waals surface area contributed by atoms with Gasteiger partial charge in [-0.3, -0.25) is 9.69 Å². The Balaban J connectivity index is 1.97. The quantitative estimate of drug-likeness (QED) is 0.829. The summed E-state index contributed by atoms with van der Waals surface area (Å²) in [6.07, 6.45) is 0. The molecule has 1 aliphatic heterocycles. The first-order chi connectivity index (χ1) is 10.1. The van der Waals surface area contributed by atoms with Crippen molar-refractivity contribution in [3.05, 3.63) is 52.8 Å². The van der Waals surface area contributed by atoms with Crippen LogP contribution in [0.1, 0.15) is 10.4 Å². The van der Waals surface area contributed by atoms with E-state index in [2.05, 4.69) is 0 Å². The summed E-state index contributed by atoms with van der Waals surface area (Å²) in [6, 6.07) is 10.2. The highest BCUT2D eigenvalue weighted by molar-refractivity contribution is 8.00. The van der Waals surface area contributed by atoms with E-state index in [1.165, 1.54) is 13.2 Å². The summed E-state index contributed by atoms with van der Waals surface area (Å²) < 4.78 is 18.7. The zero-order valence-corrected chi connectivity index (χ0v) is 12.7. The minimum Gasteiger partial charge on any atom is -0.492 e. The molecule has 0 aromatic heterocycles. The number of halogens is 2. The summed E-state index contributed by atoms with van der Waals surface area (Å²) in [5.74, 6) is -0.475. The summed E-state index contributed by atoms with van der Waals surface area (Å²) in [6.45, 7) is 0. The van der Waals surface area contributed by atoms with Crippen molar-refractivity contribution in [3.8, 4) is 5.75 Å². The Labute approximate surface area is 130 Å². The maximum atomic E-state index is 13.9. The summed E-state index contributed by atoms with van der Waals surface area (Å²) in [5.41, 5.74) is 1.04. The predicted octanol–water partition coefficient (Wildman–Crippen LogP) is 4.20. The molecule has 2 aromatic rings. The van der Waals surface area contributed by atoms with Crippen LogP contribution in [0.15, 0.2) is 41.3 Å². The van der Waals surface area contributed by atoms with Crippen molar-refractivity contribution in [2.45, 2.75) is 4.90 Å². The van der Waals surface area contributed by atoms with Gasteiger partial charge >= 0.3 is 0 Å². The van der Waals surface area contributed by atoms with E-state index in [9.17, 15) is 9.18 Å². The van der Waals surface area contributed by atoms with E-state index in [1.54, 1.807) is 16.7 Å². The number of methoxy groups -OCH3 is 1. The summed E-state index contributed by atoms with van der Waals surface area (Å²) >= 11 is 7.51. The third-order valence-electron chi connectivity index (χ3n) is 3.20. The molecule has 0 N–H and O–H groups in total. The van der Waals surface area contributed by atoms with Gasteiger partial charge in [-0.15, -0.1) is 11.8 Å². The second-order valence-electron chi connectivity index (χ2n) is 4.45. The lowest BCUT2D eigenvalue weighted by Gasteiger charge is -2.17. The van der Waals surface area contributed by atoms with E-state index in [0.29, 0.717) is 5.88 Å². The van der Waals surface area contributed by atoms with Crippen LogP contribution in [-0.4, -0.2) is 18.9 Å². The maximum absolute atomic E-state index is 13.9. The molecular formula is C15H11ClFNO2S. The Kier molecular flexibility index (Phi) is 3.78. The highest BCUT2D eigenvalue weighted by Crippen LogP contribution is 2.39. The van der Waals surface area contributed by atoms with Gasteiger partial charge in [-0.25, -0.2) is 4.39 Å². The molecule has 0 fully saturated rings. The van der Waals surface area contributed by atoms with Crippen LogP contribution >= 0.6 is 23.4 Å². The van der Waals surface area contributed by atoms with Gasteiger partial charge in [0.05, 0.1) is 23.7 Å². The molecule has 3 rings (SSSR count). The third-order valence-corrected chi connectivity index (χ3v) is 4.52. The van der Waals surface area contributed by atoms with Crippen LogP contribution in [0.5, 0.6) is 5.75 Å². The number of carbonyl (C=O) groups is 1. The summed E-state index contributed by atoms with van der Waals surface area (Å²) in [4.78, 5) is 15.2. The van der Waals surface area contributed by atoms with Crippen LogP contribution in [0, 0.1) is 5.82 Å². The molecule has 21 heavy (non-hydrogen) atoms. The summed E-state index contributed by atoms with van der Waals surface area (Å²) in [5, 5.41) is 0.0842. The zero-order chi connectivity index (χ0) is 15.0. The molecule has 0 radical (unpaired) electrons. The van der Waals surface area contributed by atoms with Crippen LogP contribution in [0.2, 0.25) is 5.02 Å². The first-order valence-electron chi connectivity index (χ1n) is 6.18. The standard InChI is InChI=1S/C15H11ClFNO2S/c1-20-14-10(16)6-9(7-11(14)17)15(19)18-8-21-13-5-3-2-4-12(13)18/h2-7H,8H2,1H3. The highest BCUT2D eigenvalue weighted by Gasteiger charge is 2.27. The molecule has 0 aliphatic carbocycles. The minimum atomic E-state index is -0.645. The minimum absolute atomic E-state index is 0.0515. The van der Waals surface area contributed by atoms with E-state index in [0.717, 1.165) is 16.6 Å². The van der Waals surface area contributed by atoms with E-state index < -0.39 is 5.82 Å². The van der Waals surface area contributed by atoms with Crippen molar-refractivity contribution in [1.82, 2.24) is 0 Å². The number of benzene rings is 2. The van der Waals surface area contributed by atoms with E-state index in [4.69, 9.17) is 16.3 Å². The number of amides is 1. The van der Waals surface area contributed by atoms with Crippen molar-refractivity contribution in [3.63, 3.8) is 0 Å². The number of rotatable bonds is 2. The smallest absolute Gasteiger partial charge is 0.259 e. The van der Waals surface area contributed by atoms with Crippen LogP contribution in [-0.2, 0) is 0 Å². The second-order valence-corrected chi connectivity index (χ2v) is 5.84. The SMILES string of the molecule is COc1c(F)cc(C(=O)N2CSc3ccccc32)cc1Cl. The fourth-order valence-electron chi connectivity index (χ4n) is 2.21. The van der Waals surface area contributed by atoms with Gasteiger partial charge in [-0.05, 0) is 24.3 Å². The van der Waals surface area contributed by atoms with Gasteiger partial charge < -0.3 is 4.74 Å². The number of anilines is 1. The Morgan fingerprint density at radius 3 is 2.86 bits per heavy atom. The molecule has 108 valence electrons. The topological polar surface area (TPSA) is 29.5 Å². The number of fused-ring (bicyclic) bond motifs is 1. The molecule has 0 unspecified atom stereocenters. The number of hydrogen-bond donors (Lipinski definition) is 0.